The summed E-state index contributed by atoms with van der Waals surface area (Å²) in [5.74, 6) is -0.954. The number of carbonyl (C=O) groups excluding carboxylic acids is 3. The van der Waals surface area contributed by atoms with Gasteiger partial charge < -0.3 is 10.1 Å². The van der Waals surface area contributed by atoms with Gasteiger partial charge in [-0.25, -0.2) is 9.59 Å². The van der Waals surface area contributed by atoms with E-state index in [1.165, 1.54) is 36.5 Å². The van der Waals surface area contributed by atoms with Crippen molar-refractivity contribution in [1.82, 2.24) is 10.3 Å². The van der Waals surface area contributed by atoms with Crippen molar-refractivity contribution >= 4 is 29.8 Å². The highest BCUT2D eigenvalue weighted by atomic mass is 16.6. The van der Waals surface area contributed by atoms with Crippen LogP contribution in [-0.2, 0) is 4.79 Å². The number of hydrogen-bond donors (Lipinski definition) is 1. The zero-order valence-corrected chi connectivity index (χ0v) is 16.2. The SMILES string of the molecule is CC[C@]1(C)NC(=O)N(/N=C\c2ccc(OC(=O)c3cccc([N+](=O)[O-])c3)cc2)C1=O. The molecule has 1 saturated heterocycles. The molecule has 3 rings (SSSR count). The van der Waals surface area contributed by atoms with E-state index >= 15 is 0 Å². The Morgan fingerprint density at radius 3 is 2.57 bits per heavy atom. The van der Waals surface area contributed by atoms with Crippen molar-refractivity contribution in [3.8, 4) is 5.75 Å². The lowest BCUT2D eigenvalue weighted by Gasteiger charge is -2.17. The molecule has 0 aliphatic carbocycles. The van der Waals surface area contributed by atoms with Gasteiger partial charge in [-0.1, -0.05) is 13.0 Å². The maximum atomic E-state index is 12.3. The number of non-ortho nitro benzene ring substituents is 1. The Morgan fingerprint density at radius 2 is 1.97 bits per heavy atom. The lowest BCUT2D eigenvalue weighted by molar-refractivity contribution is -0.384. The second-order valence-corrected chi connectivity index (χ2v) is 6.74. The molecule has 1 N–H and O–H groups in total. The Bertz CT molecular complexity index is 1050. The number of nitro groups is 1. The Kier molecular flexibility index (Phi) is 5.58. The van der Waals surface area contributed by atoms with Crippen molar-refractivity contribution in [1.29, 1.82) is 0 Å². The normalized spacial score (nSPS) is 18.5. The van der Waals surface area contributed by atoms with Crippen LogP contribution >= 0.6 is 0 Å². The first kappa shape index (κ1) is 20.6. The zero-order chi connectivity index (χ0) is 21.9. The summed E-state index contributed by atoms with van der Waals surface area (Å²) in [5.41, 5.74) is -0.571. The van der Waals surface area contributed by atoms with Crippen LogP contribution < -0.4 is 10.1 Å². The van der Waals surface area contributed by atoms with E-state index in [4.69, 9.17) is 4.74 Å². The third-order valence-corrected chi connectivity index (χ3v) is 4.65. The van der Waals surface area contributed by atoms with Crippen LogP contribution in [0.2, 0.25) is 0 Å². The molecule has 3 amide bonds. The second-order valence-electron chi connectivity index (χ2n) is 6.74. The summed E-state index contributed by atoms with van der Waals surface area (Å²) in [5, 5.41) is 18.1. The summed E-state index contributed by atoms with van der Waals surface area (Å²) in [6.07, 6.45) is 1.78. The van der Waals surface area contributed by atoms with Crippen molar-refractivity contribution in [2.75, 3.05) is 0 Å². The van der Waals surface area contributed by atoms with E-state index in [9.17, 15) is 24.5 Å². The molecule has 0 radical (unpaired) electrons. The first-order valence-corrected chi connectivity index (χ1v) is 9.01. The monoisotopic (exact) mass is 410 g/mol. The Morgan fingerprint density at radius 1 is 1.27 bits per heavy atom. The standard InChI is InChI=1S/C20H18N4O6/c1-3-20(2)18(26)23(19(27)22-20)21-12-13-7-9-16(10-8-13)30-17(25)14-5-4-6-15(11-14)24(28)29/h4-12H,3H2,1-2H3,(H,22,27)/b21-12-/t20-/m0/s1. The summed E-state index contributed by atoms with van der Waals surface area (Å²) in [6.45, 7) is 3.42. The smallest absolute Gasteiger partial charge is 0.346 e. The molecule has 0 bridgehead atoms. The van der Waals surface area contributed by atoms with Gasteiger partial charge in [0.05, 0.1) is 16.7 Å². The first-order valence-electron chi connectivity index (χ1n) is 9.01. The number of hydrogen-bond acceptors (Lipinski definition) is 7. The number of nitrogens with one attached hydrogen (secondary N) is 1. The minimum atomic E-state index is -0.973. The third kappa shape index (κ3) is 4.17. The van der Waals surface area contributed by atoms with Crippen molar-refractivity contribution in [2.24, 2.45) is 5.10 Å². The number of hydrazone groups is 1. The van der Waals surface area contributed by atoms with E-state index < -0.39 is 28.4 Å². The molecule has 2 aromatic carbocycles. The Balaban J connectivity index is 1.67. The number of amides is 3. The lowest BCUT2D eigenvalue weighted by atomic mass is 10.00. The maximum absolute atomic E-state index is 12.3. The summed E-state index contributed by atoms with van der Waals surface area (Å²) in [7, 11) is 0. The molecule has 0 spiro atoms. The van der Waals surface area contributed by atoms with Gasteiger partial charge in [0.25, 0.3) is 11.6 Å². The van der Waals surface area contributed by atoms with Crippen LogP contribution in [0.1, 0.15) is 36.2 Å². The quantitative estimate of drug-likeness (QED) is 0.195. The van der Waals surface area contributed by atoms with Gasteiger partial charge in [0.1, 0.15) is 11.3 Å². The Hall–Kier alpha value is -4.08. The van der Waals surface area contributed by atoms with E-state index in [0.717, 1.165) is 11.1 Å². The largest absolute Gasteiger partial charge is 0.423 e. The van der Waals surface area contributed by atoms with Gasteiger partial charge in [0.2, 0.25) is 0 Å². The predicted octanol–water partition coefficient (Wildman–Crippen LogP) is 2.87. The minimum absolute atomic E-state index is 0.0485. The highest BCUT2D eigenvalue weighted by molar-refractivity contribution is 6.07. The topological polar surface area (TPSA) is 131 Å². The number of rotatable bonds is 6. The molecule has 1 atom stereocenters. The van der Waals surface area contributed by atoms with Crippen LogP contribution in [0.5, 0.6) is 5.75 Å². The maximum Gasteiger partial charge on any atom is 0.346 e. The van der Waals surface area contributed by atoms with Crippen LogP contribution in [-0.4, -0.2) is 39.6 Å². The van der Waals surface area contributed by atoms with Crippen LogP contribution in [0.3, 0.4) is 0 Å². The van der Waals surface area contributed by atoms with Crippen LogP contribution in [0.15, 0.2) is 53.6 Å². The minimum Gasteiger partial charge on any atom is -0.423 e. The highest BCUT2D eigenvalue weighted by Gasteiger charge is 2.46. The average molecular weight is 410 g/mol. The van der Waals surface area contributed by atoms with Gasteiger partial charge >= 0.3 is 12.0 Å². The summed E-state index contributed by atoms with van der Waals surface area (Å²) in [6, 6.07) is 10.8. The molecule has 1 fully saturated rings. The third-order valence-electron chi connectivity index (χ3n) is 4.65. The van der Waals surface area contributed by atoms with E-state index in [1.54, 1.807) is 26.0 Å². The molecule has 10 heteroatoms. The molecule has 1 heterocycles. The number of ether oxygens (including phenoxy) is 1. The molecular weight excluding hydrogens is 392 g/mol. The van der Waals surface area contributed by atoms with Gasteiger partial charge in [-0.05, 0) is 49.2 Å². The Labute approximate surface area is 171 Å². The zero-order valence-electron chi connectivity index (χ0n) is 16.2. The van der Waals surface area contributed by atoms with Crippen molar-refractivity contribution in [3.05, 3.63) is 69.8 Å². The second kappa shape index (κ2) is 8.11. The molecule has 10 nitrogen and oxygen atoms in total. The predicted molar refractivity (Wildman–Crippen MR) is 106 cm³/mol. The number of benzene rings is 2. The van der Waals surface area contributed by atoms with Gasteiger partial charge in [-0.3, -0.25) is 14.9 Å². The molecule has 2 aromatic rings. The molecule has 154 valence electrons. The number of imide groups is 1. The number of carbonyl (C=O) groups is 3. The molecule has 0 aromatic heterocycles. The van der Waals surface area contributed by atoms with Crippen molar-refractivity contribution < 1.29 is 24.0 Å². The number of urea groups is 1. The molecular formula is C20H18N4O6. The average Bonchev–Trinajstić information content (AvgIpc) is 2.96. The van der Waals surface area contributed by atoms with E-state index in [2.05, 4.69) is 10.4 Å². The number of nitrogens with zero attached hydrogens (tertiary/aromatic N) is 3. The lowest BCUT2D eigenvalue weighted by Crippen LogP contribution is -2.42. The molecule has 30 heavy (non-hydrogen) atoms. The van der Waals surface area contributed by atoms with E-state index in [-0.39, 0.29) is 17.0 Å². The summed E-state index contributed by atoms with van der Waals surface area (Å²) < 4.78 is 5.21. The number of esters is 1. The van der Waals surface area contributed by atoms with Gasteiger partial charge in [-0.15, -0.1) is 5.01 Å². The van der Waals surface area contributed by atoms with Gasteiger partial charge in [0, 0.05) is 12.1 Å². The highest BCUT2D eigenvalue weighted by Crippen LogP contribution is 2.21. The van der Waals surface area contributed by atoms with Crippen molar-refractivity contribution in [2.45, 2.75) is 25.8 Å². The van der Waals surface area contributed by atoms with Crippen LogP contribution in [0.4, 0.5) is 10.5 Å². The fourth-order valence-electron chi connectivity index (χ4n) is 2.67. The molecule has 1 aliphatic heterocycles. The summed E-state index contributed by atoms with van der Waals surface area (Å²) >= 11 is 0. The van der Waals surface area contributed by atoms with Crippen molar-refractivity contribution in [3.63, 3.8) is 0 Å². The number of nitro benzene ring substituents is 1. The van der Waals surface area contributed by atoms with Gasteiger partial charge in [0.15, 0.2) is 0 Å². The molecule has 0 saturated carbocycles. The fraction of sp³-hybridized carbons (Fsp3) is 0.200. The van der Waals surface area contributed by atoms with E-state index in [1.807, 2.05) is 0 Å². The van der Waals surface area contributed by atoms with Gasteiger partial charge in [-0.2, -0.15) is 5.10 Å². The molecule has 0 unspecified atom stereocenters. The molecule has 1 aliphatic rings. The van der Waals surface area contributed by atoms with Crippen LogP contribution in [0, 0.1) is 10.1 Å². The van der Waals surface area contributed by atoms with Crippen LogP contribution in [0.25, 0.3) is 0 Å². The van der Waals surface area contributed by atoms with E-state index in [0.29, 0.717) is 12.0 Å². The first-order chi connectivity index (χ1) is 14.2. The summed E-state index contributed by atoms with van der Waals surface area (Å²) in [4.78, 5) is 46.6. The fourth-order valence-corrected chi connectivity index (χ4v) is 2.67.